The van der Waals surface area contributed by atoms with Crippen LogP contribution in [0.4, 0.5) is 0 Å². The molecule has 1 saturated heterocycles. The summed E-state index contributed by atoms with van der Waals surface area (Å²) in [6.45, 7) is 4.51. The van der Waals surface area contributed by atoms with Crippen LogP contribution in [0, 0.1) is 6.92 Å². The Morgan fingerprint density at radius 3 is 2.79 bits per heavy atom. The molecule has 19 heavy (non-hydrogen) atoms. The Bertz CT molecular complexity index is 483. The van der Waals surface area contributed by atoms with Gasteiger partial charge < -0.3 is 14.4 Å². The number of amides is 1. The van der Waals surface area contributed by atoms with Crippen LogP contribution in [0.15, 0.2) is 18.2 Å². The molecule has 1 fully saturated rings. The molecule has 0 atom stereocenters. The van der Waals surface area contributed by atoms with Crippen molar-refractivity contribution in [3.63, 3.8) is 0 Å². The van der Waals surface area contributed by atoms with Gasteiger partial charge in [0.2, 0.25) is 5.88 Å². The molecule has 2 heterocycles. The minimum Gasteiger partial charge on any atom is -0.471 e. The molecule has 102 valence electrons. The third-order valence-corrected chi connectivity index (χ3v) is 2.74. The van der Waals surface area contributed by atoms with E-state index in [1.54, 1.807) is 13.0 Å². The maximum Gasteiger partial charge on any atom is 0.397 e. The molecule has 0 aromatic carbocycles. The number of pyridine rings is 1. The number of hydrogen-bond donors (Lipinski definition) is 0. The Morgan fingerprint density at radius 2 is 2.16 bits per heavy atom. The zero-order chi connectivity index (χ0) is 13.8. The van der Waals surface area contributed by atoms with Gasteiger partial charge in [-0.3, -0.25) is 4.79 Å². The number of esters is 1. The summed E-state index contributed by atoms with van der Waals surface area (Å²) in [4.78, 5) is 28.4. The summed E-state index contributed by atoms with van der Waals surface area (Å²) in [7, 11) is 0. The zero-order valence-electron chi connectivity index (χ0n) is 11.0. The van der Waals surface area contributed by atoms with E-state index in [1.807, 2.05) is 19.1 Å². The molecule has 2 rings (SSSR count). The standard InChI is InChI=1S/C13H16N2O4/c1-3-18-13(17)12(16)15-7-10(8-15)19-11-6-4-5-9(2)14-11/h4-6,10H,3,7-8H2,1-2H3. The Balaban J connectivity index is 1.80. The molecular weight excluding hydrogens is 248 g/mol. The third-order valence-electron chi connectivity index (χ3n) is 2.74. The van der Waals surface area contributed by atoms with Gasteiger partial charge in [0.25, 0.3) is 0 Å². The summed E-state index contributed by atoms with van der Waals surface area (Å²) >= 11 is 0. The molecule has 0 radical (unpaired) electrons. The van der Waals surface area contributed by atoms with E-state index >= 15 is 0 Å². The molecule has 1 aromatic heterocycles. The predicted molar refractivity (Wildman–Crippen MR) is 66.6 cm³/mol. The number of hydrogen-bond acceptors (Lipinski definition) is 5. The van der Waals surface area contributed by atoms with E-state index in [0.29, 0.717) is 19.0 Å². The molecule has 1 amide bonds. The van der Waals surface area contributed by atoms with Gasteiger partial charge in [0.05, 0.1) is 19.7 Å². The number of rotatable bonds is 3. The Kier molecular flexibility index (Phi) is 3.99. The average Bonchev–Trinajstić information content (AvgIpc) is 2.33. The number of nitrogens with zero attached hydrogens (tertiary/aromatic N) is 2. The molecule has 0 N–H and O–H groups in total. The highest BCUT2D eigenvalue weighted by Gasteiger charge is 2.36. The molecule has 6 heteroatoms. The fourth-order valence-electron chi connectivity index (χ4n) is 1.75. The lowest BCUT2D eigenvalue weighted by Gasteiger charge is -2.37. The summed E-state index contributed by atoms with van der Waals surface area (Å²) in [5.74, 6) is -0.887. The minimum atomic E-state index is -0.811. The van der Waals surface area contributed by atoms with E-state index in [2.05, 4.69) is 9.72 Å². The van der Waals surface area contributed by atoms with Crippen LogP contribution in [0.3, 0.4) is 0 Å². The van der Waals surface area contributed by atoms with Crippen molar-refractivity contribution in [2.45, 2.75) is 20.0 Å². The smallest absolute Gasteiger partial charge is 0.397 e. The number of aryl methyl sites for hydroxylation is 1. The lowest BCUT2D eigenvalue weighted by atomic mass is 10.1. The van der Waals surface area contributed by atoms with Gasteiger partial charge in [-0.15, -0.1) is 0 Å². The van der Waals surface area contributed by atoms with Crippen LogP contribution >= 0.6 is 0 Å². The molecule has 1 aromatic rings. The van der Waals surface area contributed by atoms with Crippen LogP contribution in [-0.4, -0.2) is 47.6 Å². The van der Waals surface area contributed by atoms with Crippen molar-refractivity contribution in [1.82, 2.24) is 9.88 Å². The normalized spacial score (nSPS) is 14.7. The maximum absolute atomic E-state index is 11.5. The van der Waals surface area contributed by atoms with Gasteiger partial charge in [-0.25, -0.2) is 9.78 Å². The van der Waals surface area contributed by atoms with Crippen molar-refractivity contribution in [1.29, 1.82) is 0 Å². The molecule has 0 aliphatic carbocycles. The largest absolute Gasteiger partial charge is 0.471 e. The molecule has 6 nitrogen and oxygen atoms in total. The molecule has 0 spiro atoms. The lowest BCUT2D eigenvalue weighted by Crippen LogP contribution is -2.58. The summed E-state index contributed by atoms with van der Waals surface area (Å²) in [5.41, 5.74) is 0.872. The Hall–Kier alpha value is -2.11. The van der Waals surface area contributed by atoms with E-state index in [0.717, 1.165) is 5.69 Å². The van der Waals surface area contributed by atoms with Crippen molar-refractivity contribution < 1.29 is 19.1 Å². The molecule has 0 saturated carbocycles. The van der Waals surface area contributed by atoms with Crippen LogP contribution in [0.2, 0.25) is 0 Å². The summed E-state index contributed by atoms with van der Waals surface area (Å²) in [6.07, 6.45) is -0.118. The second-order valence-electron chi connectivity index (χ2n) is 4.29. The first-order valence-electron chi connectivity index (χ1n) is 6.16. The Labute approximate surface area is 111 Å². The average molecular weight is 264 g/mol. The number of aromatic nitrogens is 1. The number of ether oxygens (including phenoxy) is 2. The van der Waals surface area contributed by atoms with E-state index in [1.165, 1.54) is 4.90 Å². The van der Waals surface area contributed by atoms with Gasteiger partial charge in [0, 0.05) is 11.8 Å². The summed E-state index contributed by atoms with van der Waals surface area (Å²) in [5, 5.41) is 0. The van der Waals surface area contributed by atoms with Crippen LogP contribution in [-0.2, 0) is 14.3 Å². The first-order valence-corrected chi connectivity index (χ1v) is 6.16. The minimum absolute atomic E-state index is 0.118. The highest BCUT2D eigenvalue weighted by molar-refractivity contribution is 6.32. The number of carbonyl (C=O) groups excluding carboxylic acids is 2. The fraction of sp³-hybridized carbons (Fsp3) is 0.462. The van der Waals surface area contributed by atoms with Crippen LogP contribution < -0.4 is 4.74 Å². The molecule has 0 unspecified atom stereocenters. The SMILES string of the molecule is CCOC(=O)C(=O)N1CC(Oc2cccc(C)n2)C1. The molecule has 0 bridgehead atoms. The van der Waals surface area contributed by atoms with Gasteiger partial charge in [-0.2, -0.15) is 0 Å². The first kappa shape index (κ1) is 13.3. The van der Waals surface area contributed by atoms with Crippen LogP contribution in [0.1, 0.15) is 12.6 Å². The third kappa shape index (κ3) is 3.21. The van der Waals surface area contributed by atoms with Gasteiger partial charge >= 0.3 is 11.9 Å². The van der Waals surface area contributed by atoms with Crippen molar-refractivity contribution in [3.8, 4) is 5.88 Å². The first-order chi connectivity index (χ1) is 9.10. The monoisotopic (exact) mass is 264 g/mol. The van der Waals surface area contributed by atoms with Gasteiger partial charge in [0.15, 0.2) is 0 Å². The van der Waals surface area contributed by atoms with Crippen LogP contribution in [0.25, 0.3) is 0 Å². The van der Waals surface area contributed by atoms with Gasteiger partial charge in [0.1, 0.15) is 6.10 Å². The summed E-state index contributed by atoms with van der Waals surface area (Å²) < 4.78 is 10.2. The second kappa shape index (κ2) is 5.69. The molecule has 1 aliphatic rings. The number of carbonyl (C=O) groups is 2. The predicted octanol–water partition coefficient (Wildman–Crippen LogP) is 0.543. The molecular formula is C13H16N2O4. The lowest BCUT2D eigenvalue weighted by molar-refractivity contribution is -0.164. The van der Waals surface area contributed by atoms with Crippen LogP contribution in [0.5, 0.6) is 5.88 Å². The highest BCUT2D eigenvalue weighted by atomic mass is 16.5. The van der Waals surface area contributed by atoms with Gasteiger partial charge in [-0.05, 0) is 19.9 Å². The summed E-state index contributed by atoms with van der Waals surface area (Å²) in [6, 6.07) is 5.50. The Morgan fingerprint density at radius 1 is 1.42 bits per heavy atom. The van der Waals surface area contributed by atoms with Gasteiger partial charge in [-0.1, -0.05) is 6.07 Å². The van der Waals surface area contributed by atoms with Crippen molar-refractivity contribution in [2.24, 2.45) is 0 Å². The van der Waals surface area contributed by atoms with Crippen molar-refractivity contribution in [2.75, 3.05) is 19.7 Å². The number of likely N-dealkylation sites (tertiary alicyclic amines) is 1. The quantitative estimate of drug-likeness (QED) is 0.589. The second-order valence-corrected chi connectivity index (χ2v) is 4.29. The van der Waals surface area contributed by atoms with E-state index in [-0.39, 0.29) is 12.7 Å². The van der Waals surface area contributed by atoms with Crippen molar-refractivity contribution in [3.05, 3.63) is 23.9 Å². The molecule has 1 aliphatic heterocycles. The fourth-order valence-corrected chi connectivity index (χ4v) is 1.75. The van der Waals surface area contributed by atoms with E-state index in [9.17, 15) is 9.59 Å². The maximum atomic E-state index is 11.5. The zero-order valence-corrected chi connectivity index (χ0v) is 11.0. The van der Waals surface area contributed by atoms with E-state index in [4.69, 9.17) is 4.74 Å². The topological polar surface area (TPSA) is 68.7 Å². The highest BCUT2D eigenvalue weighted by Crippen LogP contribution is 2.16. The van der Waals surface area contributed by atoms with E-state index < -0.39 is 11.9 Å². The van der Waals surface area contributed by atoms with Crippen molar-refractivity contribution >= 4 is 11.9 Å².